The van der Waals surface area contributed by atoms with Crippen LogP contribution in [0.15, 0.2) is 18.3 Å². The summed E-state index contributed by atoms with van der Waals surface area (Å²) in [5, 5.41) is 8.89. The van der Waals surface area contributed by atoms with Gasteiger partial charge in [-0.25, -0.2) is 4.79 Å². The fourth-order valence-corrected chi connectivity index (χ4v) is 2.19. The number of carboxylic acid groups (broad SMARTS) is 1. The van der Waals surface area contributed by atoms with Gasteiger partial charge in [-0.05, 0) is 12.1 Å². The summed E-state index contributed by atoms with van der Waals surface area (Å²) in [5.74, 6) is -1.43. The molecule has 0 radical (unpaired) electrons. The third kappa shape index (κ3) is 2.18. The second kappa shape index (κ2) is 4.72. The third-order valence-electron chi connectivity index (χ3n) is 3.33. The van der Waals surface area contributed by atoms with Gasteiger partial charge < -0.3 is 19.9 Å². The molecule has 6 heteroatoms. The molecule has 98 valence electrons. The molecule has 1 fully saturated rings. The summed E-state index contributed by atoms with van der Waals surface area (Å²) in [7, 11) is 1.74. The molecule has 0 saturated carbocycles. The number of hydrogen-bond acceptors (Lipinski definition) is 2. The number of rotatable bonds is 4. The van der Waals surface area contributed by atoms with Crippen LogP contribution in [-0.4, -0.2) is 52.0 Å². The Morgan fingerprint density at radius 1 is 1.67 bits per heavy atom. The highest BCUT2D eigenvalue weighted by molar-refractivity contribution is 5.78. The molecule has 1 saturated heterocycles. The molecule has 2 heterocycles. The molecule has 6 nitrogen and oxygen atoms in total. The summed E-state index contributed by atoms with van der Waals surface area (Å²) >= 11 is 0. The number of urea groups is 1. The smallest absolute Gasteiger partial charge is 0.320 e. The van der Waals surface area contributed by atoms with E-state index in [-0.39, 0.29) is 18.6 Å². The number of aliphatic carboxylic acids is 1. The number of carbonyl (C=O) groups is 2. The van der Waals surface area contributed by atoms with Gasteiger partial charge in [0, 0.05) is 32.0 Å². The van der Waals surface area contributed by atoms with Crippen LogP contribution >= 0.6 is 0 Å². The fourth-order valence-electron chi connectivity index (χ4n) is 2.19. The van der Waals surface area contributed by atoms with Crippen LogP contribution in [0.25, 0.3) is 0 Å². The number of nitrogens with zero attached hydrogens (tertiary/aromatic N) is 2. The summed E-state index contributed by atoms with van der Waals surface area (Å²) < 4.78 is 0. The first-order valence-electron chi connectivity index (χ1n) is 5.88. The molecular formula is C12H17N3O3. The lowest BCUT2D eigenvalue weighted by Gasteiger charge is -2.17. The molecule has 2 rings (SSSR count). The van der Waals surface area contributed by atoms with Crippen molar-refractivity contribution in [1.29, 1.82) is 0 Å². The molecule has 0 spiro atoms. The molecule has 2 amide bonds. The van der Waals surface area contributed by atoms with Crippen LogP contribution < -0.4 is 0 Å². The minimum Gasteiger partial charge on any atom is -0.481 e. The first kappa shape index (κ1) is 12.5. The normalized spacial score (nSPS) is 21.4. The SMILES string of the molecule is CC(CN1CC(c2ccc[nH]2)N(C)C1=O)C(=O)O. The number of hydrogen-bond donors (Lipinski definition) is 2. The van der Waals surface area contributed by atoms with Crippen molar-refractivity contribution in [2.75, 3.05) is 20.1 Å². The van der Waals surface area contributed by atoms with Gasteiger partial charge in [0.15, 0.2) is 0 Å². The second-order valence-corrected chi connectivity index (χ2v) is 4.68. The molecule has 1 aliphatic heterocycles. The first-order valence-corrected chi connectivity index (χ1v) is 5.88. The van der Waals surface area contributed by atoms with Gasteiger partial charge in [0.05, 0.1) is 12.0 Å². The molecule has 0 aliphatic carbocycles. The topological polar surface area (TPSA) is 76.6 Å². The lowest BCUT2D eigenvalue weighted by atomic mass is 10.1. The monoisotopic (exact) mass is 251 g/mol. The Morgan fingerprint density at radius 3 is 2.94 bits per heavy atom. The predicted molar refractivity (Wildman–Crippen MR) is 65.1 cm³/mol. The van der Waals surface area contributed by atoms with Crippen molar-refractivity contribution >= 4 is 12.0 Å². The Morgan fingerprint density at radius 2 is 2.39 bits per heavy atom. The average Bonchev–Trinajstić information content (AvgIpc) is 2.92. The standard InChI is InChI=1S/C12H17N3O3/c1-8(11(16)17)6-15-7-10(14(2)12(15)18)9-4-3-5-13-9/h3-5,8,10,13H,6-7H2,1-2H3,(H,16,17). The quantitative estimate of drug-likeness (QED) is 0.842. The van der Waals surface area contributed by atoms with E-state index in [1.807, 2.05) is 18.3 Å². The van der Waals surface area contributed by atoms with Crippen LogP contribution in [-0.2, 0) is 4.79 Å². The Hall–Kier alpha value is -1.98. The van der Waals surface area contributed by atoms with E-state index in [1.165, 1.54) is 0 Å². The van der Waals surface area contributed by atoms with Crippen LogP contribution in [0.4, 0.5) is 4.79 Å². The van der Waals surface area contributed by atoms with Crippen molar-refractivity contribution in [3.63, 3.8) is 0 Å². The average molecular weight is 251 g/mol. The highest BCUT2D eigenvalue weighted by Gasteiger charge is 2.37. The van der Waals surface area contributed by atoms with E-state index in [2.05, 4.69) is 4.98 Å². The largest absolute Gasteiger partial charge is 0.481 e. The summed E-state index contributed by atoms with van der Waals surface area (Å²) in [6, 6.07) is 3.66. The van der Waals surface area contributed by atoms with Crippen molar-refractivity contribution in [3.05, 3.63) is 24.0 Å². The van der Waals surface area contributed by atoms with Crippen molar-refractivity contribution in [3.8, 4) is 0 Å². The highest BCUT2D eigenvalue weighted by Crippen LogP contribution is 2.27. The zero-order chi connectivity index (χ0) is 13.3. The van der Waals surface area contributed by atoms with Gasteiger partial charge in [-0.2, -0.15) is 0 Å². The van der Waals surface area contributed by atoms with E-state index in [0.29, 0.717) is 6.54 Å². The van der Waals surface area contributed by atoms with E-state index in [0.717, 1.165) is 5.69 Å². The van der Waals surface area contributed by atoms with E-state index in [1.54, 1.807) is 23.8 Å². The molecule has 2 unspecified atom stereocenters. The Bertz CT molecular complexity index is 443. The van der Waals surface area contributed by atoms with Crippen LogP contribution in [0.2, 0.25) is 0 Å². The van der Waals surface area contributed by atoms with Gasteiger partial charge >= 0.3 is 12.0 Å². The van der Waals surface area contributed by atoms with Crippen molar-refractivity contribution in [1.82, 2.24) is 14.8 Å². The summed E-state index contributed by atoms with van der Waals surface area (Å²) in [5.41, 5.74) is 0.969. The zero-order valence-electron chi connectivity index (χ0n) is 10.5. The van der Waals surface area contributed by atoms with Crippen LogP contribution in [0.3, 0.4) is 0 Å². The van der Waals surface area contributed by atoms with Crippen molar-refractivity contribution < 1.29 is 14.7 Å². The fraction of sp³-hybridized carbons (Fsp3) is 0.500. The predicted octanol–water partition coefficient (Wildman–Crippen LogP) is 1.14. The molecular weight excluding hydrogens is 234 g/mol. The molecule has 2 N–H and O–H groups in total. The maximum atomic E-state index is 12.0. The Balaban J connectivity index is 2.08. The maximum Gasteiger partial charge on any atom is 0.320 e. The summed E-state index contributed by atoms with van der Waals surface area (Å²) in [6.45, 7) is 2.38. The van der Waals surface area contributed by atoms with E-state index in [4.69, 9.17) is 5.11 Å². The number of H-pyrrole nitrogens is 1. The lowest BCUT2D eigenvalue weighted by Crippen LogP contribution is -2.35. The van der Waals surface area contributed by atoms with Gasteiger partial charge in [-0.15, -0.1) is 0 Å². The first-order chi connectivity index (χ1) is 8.50. The lowest BCUT2D eigenvalue weighted by molar-refractivity contribution is -0.141. The summed E-state index contributed by atoms with van der Waals surface area (Å²) in [4.78, 5) is 29.2. The molecule has 18 heavy (non-hydrogen) atoms. The van der Waals surface area contributed by atoms with Crippen molar-refractivity contribution in [2.45, 2.75) is 13.0 Å². The van der Waals surface area contributed by atoms with Gasteiger partial charge in [0.25, 0.3) is 0 Å². The van der Waals surface area contributed by atoms with Gasteiger partial charge in [-0.1, -0.05) is 6.92 Å². The molecule has 0 aromatic carbocycles. The van der Waals surface area contributed by atoms with E-state index in [9.17, 15) is 9.59 Å². The number of nitrogens with one attached hydrogen (secondary N) is 1. The van der Waals surface area contributed by atoms with Gasteiger partial charge in [0.1, 0.15) is 0 Å². The van der Waals surface area contributed by atoms with Crippen LogP contribution in [0.5, 0.6) is 0 Å². The molecule has 0 bridgehead atoms. The number of aromatic amines is 1. The van der Waals surface area contributed by atoms with Gasteiger partial charge in [-0.3, -0.25) is 4.79 Å². The summed E-state index contributed by atoms with van der Waals surface area (Å²) in [6.07, 6.45) is 1.82. The molecule has 1 aliphatic rings. The molecule has 1 aromatic rings. The van der Waals surface area contributed by atoms with Crippen LogP contribution in [0.1, 0.15) is 18.7 Å². The number of carboxylic acids is 1. The Labute approximate surface area is 105 Å². The Kier molecular flexibility index (Phi) is 3.27. The van der Waals surface area contributed by atoms with E-state index < -0.39 is 11.9 Å². The number of likely N-dealkylation sites (N-methyl/N-ethyl adjacent to an activating group) is 1. The third-order valence-corrected chi connectivity index (χ3v) is 3.33. The maximum absolute atomic E-state index is 12.0. The van der Waals surface area contributed by atoms with Gasteiger partial charge in [0.2, 0.25) is 0 Å². The van der Waals surface area contributed by atoms with Crippen molar-refractivity contribution in [2.24, 2.45) is 5.92 Å². The minimum absolute atomic E-state index is 0.0338. The highest BCUT2D eigenvalue weighted by atomic mass is 16.4. The number of amides is 2. The number of carbonyl (C=O) groups excluding carboxylic acids is 1. The van der Waals surface area contributed by atoms with E-state index >= 15 is 0 Å². The molecule has 1 aromatic heterocycles. The zero-order valence-corrected chi connectivity index (χ0v) is 10.5. The minimum atomic E-state index is -0.881. The second-order valence-electron chi connectivity index (χ2n) is 4.68. The molecule has 2 atom stereocenters. The number of aromatic nitrogens is 1. The van der Waals surface area contributed by atoms with Crippen LogP contribution in [0, 0.1) is 5.92 Å².